The molecule has 1 aromatic carbocycles. The Labute approximate surface area is 120 Å². The second-order valence-electron chi connectivity index (χ2n) is 3.92. The van der Waals surface area contributed by atoms with Crippen LogP contribution < -0.4 is 15.9 Å². The maximum absolute atomic E-state index is 11.7. The van der Waals surface area contributed by atoms with Gasteiger partial charge in [0.15, 0.2) is 5.75 Å². The molecule has 0 radical (unpaired) electrons. The number of benzene rings is 1. The third-order valence-electron chi connectivity index (χ3n) is 2.56. The Kier molecular flexibility index (Phi) is 4.47. The van der Waals surface area contributed by atoms with E-state index in [1.165, 1.54) is 12.3 Å². The Morgan fingerprint density at radius 1 is 1.26 bits per heavy atom. The highest BCUT2D eigenvalue weighted by Crippen LogP contribution is 2.21. The van der Waals surface area contributed by atoms with Crippen molar-refractivity contribution in [2.24, 2.45) is 5.73 Å². The number of H-pyrrole nitrogens is 1. The molecule has 0 bridgehead atoms. The maximum atomic E-state index is 11.7. The number of nitrogens with one attached hydrogen (secondary N) is 1. The zero-order chi connectivity index (χ0) is 13.8. The van der Waals surface area contributed by atoms with Crippen molar-refractivity contribution in [3.63, 3.8) is 0 Å². The highest BCUT2D eigenvalue weighted by molar-refractivity contribution is 6.35. The lowest BCUT2D eigenvalue weighted by Crippen LogP contribution is -2.11. The summed E-state index contributed by atoms with van der Waals surface area (Å²) >= 11 is 11.8. The quantitative estimate of drug-likeness (QED) is 0.912. The highest BCUT2D eigenvalue weighted by atomic mass is 35.5. The van der Waals surface area contributed by atoms with Gasteiger partial charge < -0.3 is 15.5 Å². The zero-order valence-corrected chi connectivity index (χ0v) is 11.5. The lowest BCUT2D eigenvalue weighted by molar-refractivity contribution is 0.302. The van der Waals surface area contributed by atoms with Gasteiger partial charge in [-0.05, 0) is 12.1 Å². The summed E-state index contributed by atoms with van der Waals surface area (Å²) in [7, 11) is 0. The lowest BCUT2D eigenvalue weighted by Gasteiger charge is -2.08. The van der Waals surface area contributed by atoms with E-state index in [9.17, 15) is 4.79 Å². The first-order valence-corrected chi connectivity index (χ1v) is 6.34. The molecule has 100 valence electrons. The molecule has 0 atom stereocenters. The average molecular weight is 299 g/mol. The van der Waals surface area contributed by atoms with Gasteiger partial charge in [-0.25, -0.2) is 0 Å². The number of pyridine rings is 1. The van der Waals surface area contributed by atoms with E-state index in [0.29, 0.717) is 15.7 Å². The first-order valence-electron chi connectivity index (χ1n) is 5.58. The van der Waals surface area contributed by atoms with E-state index < -0.39 is 0 Å². The van der Waals surface area contributed by atoms with Gasteiger partial charge in [-0.1, -0.05) is 29.3 Å². The van der Waals surface area contributed by atoms with Crippen LogP contribution in [0.15, 0.2) is 35.3 Å². The van der Waals surface area contributed by atoms with Crippen LogP contribution in [0.4, 0.5) is 0 Å². The molecule has 0 fully saturated rings. The monoisotopic (exact) mass is 298 g/mol. The van der Waals surface area contributed by atoms with E-state index in [2.05, 4.69) is 4.98 Å². The predicted molar refractivity (Wildman–Crippen MR) is 75.7 cm³/mol. The fourth-order valence-corrected chi connectivity index (χ4v) is 1.99. The predicted octanol–water partition coefficient (Wildman–Crippen LogP) is 2.72. The Morgan fingerprint density at radius 2 is 2.05 bits per heavy atom. The molecule has 0 amide bonds. The van der Waals surface area contributed by atoms with E-state index in [4.69, 9.17) is 33.7 Å². The molecule has 3 N–H and O–H groups in total. The summed E-state index contributed by atoms with van der Waals surface area (Å²) < 4.78 is 5.43. The van der Waals surface area contributed by atoms with Gasteiger partial charge >= 0.3 is 0 Å². The van der Waals surface area contributed by atoms with Crippen LogP contribution in [-0.2, 0) is 13.2 Å². The van der Waals surface area contributed by atoms with Gasteiger partial charge in [0.2, 0.25) is 5.43 Å². The smallest absolute Gasteiger partial charge is 0.223 e. The molecular formula is C13H12Cl2N2O2. The minimum Gasteiger partial charge on any atom is -0.483 e. The summed E-state index contributed by atoms with van der Waals surface area (Å²) in [5.74, 6) is 0.225. The van der Waals surface area contributed by atoms with Crippen molar-refractivity contribution < 1.29 is 4.74 Å². The summed E-state index contributed by atoms with van der Waals surface area (Å²) in [6, 6.07) is 6.52. The normalized spacial score (nSPS) is 10.5. The van der Waals surface area contributed by atoms with Gasteiger partial charge in [-0.3, -0.25) is 4.79 Å². The zero-order valence-electron chi connectivity index (χ0n) is 9.95. The second kappa shape index (κ2) is 6.10. The van der Waals surface area contributed by atoms with E-state index in [-0.39, 0.29) is 24.3 Å². The first kappa shape index (κ1) is 13.9. The average Bonchev–Trinajstić information content (AvgIpc) is 2.39. The molecule has 0 saturated carbocycles. The van der Waals surface area contributed by atoms with Gasteiger partial charge in [-0.2, -0.15) is 0 Å². The van der Waals surface area contributed by atoms with Crippen molar-refractivity contribution >= 4 is 23.2 Å². The van der Waals surface area contributed by atoms with Crippen molar-refractivity contribution in [3.8, 4) is 5.75 Å². The molecule has 2 aromatic rings. The van der Waals surface area contributed by atoms with Gasteiger partial charge in [0.05, 0.1) is 0 Å². The largest absolute Gasteiger partial charge is 0.483 e. The Morgan fingerprint density at radius 3 is 2.68 bits per heavy atom. The van der Waals surface area contributed by atoms with Crippen LogP contribution in [0, 0.1) is 0 Å². The fraction of sp³-hybridized carbons (Fsp3) is 0.154. The molecule has 0 spiro atoms. The number of aromatic nitrogens is 1. The highest BCUT2D eigenvalue weighted by Gasteiger charge is 2.05. The molecule has 0 aliphatic rings. The minimum absolute atomic E-state index is 0.195. The standard InChI is InChI=1S/C13H12Cl2N2O2/c14-9-2-1-8(11(15)3-9)7-19-13-6-17-10(5-16)4-12(13)18/h1-4,6H,5,7,16H2,(H,17,18). The topological polar surface area (TPSA) is 68.1 Å². The van der Waals surface area contributed by atoms with E-state index in [1.807, 2.05) is 0 Å². The van der Waals surface area contributed by atoms with Crippen molar-refractivity contribution in [1.29, 1.82) is 0 Å². The third kappa shape index (κ3) is 3.50. The molecule has 19 heavy (non-hydrogen) atoms. The molecular weight excluding hydrogens is 287 g/mol. The SMILES string of the molecule is NCc1cc(=O)c(OCc2ccc(Cl)cc2Cl)c[nH]1. The lowest BCUT2D eigenvalue weighted by atomic mass is 10.2. The number of hydrogen-bond donors (Lipinski definition) is 2. The molecule has 0 aliphatic heterocycles. The van der Waals surface area contributed by atoms with Crippen LogP contribution in [-0.4, -0.2) is 4.98 Å². The third-order valence-corrected chi connectivity index (χ3v) is 3.14. The minimum atomic E-state index is -0.218. The van der Waals surface area contributed by atoms with Crippen LogP contribution in [0.1, 0.15) is 11.3 Å². The molecule has 6 heteroatoms. The molecule has 1 aromatic heterocycles. The van der Waals surface area contributed by atoms with Crippen LogP contribution in [0.25, 0.3) is 0 Å². The van der Waals surface area contributed by atoms with Crippen LogP contribution in [0.2, 0.25) is 10.0 Å². The van der Waals surface area contributed by atoms with E-state index in [0.717, 1.165) is 5.56 Å². The maximum Gasteiger partial charge on any atom is 0.223 e. The van der Waals surface area contributed by atoms with Gasteiger partial charge in [0.25, 0.3) is 0 Å². The number of hydrogen-bond acceptors (Lipinski definition) is 3. The van der Waals surface area contributed by atoms with Crippen molar-refractivity contribution in [1.82, 2.24) is 4.98 Å². The fourth-order valence-electron chi connectivity index (χ4n) is 1.53. The Bertz CT molecular complexity index is 641. The number of rotatable bonds is 4. The van der Waals surface area contributed by atoms with Crippen LogP contribution in [0.5, 0.6) is 5.75 Å². The summed E-state index contributed by atoms with van der Waals surface area (Å²) in [4.78, 5) is 14.6. The first-order chi connectivity index (χ1) is 9.10. The van der Waals surface area contributed by atoms with E-state index in [1.54, 1.807) is 18.2 Å². The summed E-state index contributed by atoms with van der Waals surface area (Å²) in [6.07, 6.45) is 1.49. The van der Waals surface area contributed by atoms with E-state index >= 15 is 0 Å². The number of ether oxygens (including phenoxy) is 1. The summed E-state index contributed by atoms with van der Waals surface area (Å²) in [5, 5.41) is 1.06. The molecule has 0 saturated heterocycles. The van der Waals surface area contributed by atoms with Crippen molar-refractivity contribution in [3.05, 3.63) is 62.0 Å². The van der Waals surface area contributed by atoms with Crippen molar-refractivity contribution in [2.45, 2.75) is 13.2 Å². The summed E-state index contributed by atoms with van der Waals surface area (Å²) in [5.41, 5.74) is 6.62. The second-order valence-corrected chi connectivity index (χ2v) is 4.76. The molecule has 1 heterocycles. The molecule has 2 rings (SSSR count). The summed E-state index contributed by atoms with van der Waals surface area (Å²) in [6.45, 7) is 0.472. The van der Waals surface area contributed by atoms with Gasteiger partial charge in [-0.15, -0.1) is 0 Å². The van der Waals surface area contributed by atoms with Crippen LogP contribution >= 0.6 is 23.2 Å². The Hall–Kier alpha value is -1.49. The van der Waals surface area contributed by atoms with Gasteiger partial charge in [0, 0.05) is 40.1 Å². The molecule has 0 aliphatic carbocycles. The van der Waals surface area contributed by atoms with Crippen molar-refractivity contribution in [2.75, 3.05) is 0 Å². The Balaban J connectivity index is 2.12. The van der Waals surface area contributed by atoms with Crippen LogP contribution in [0.3, 0.4) is 0 Å². The number of aromatic amines is 1. The molecule has 0 unspecified atom stereocenters. The van der Waals surface area contributed by atoms with Gasteiger partial charge in [0.1, 0.15) is 6.61 Å². The molecule has 4 nitrogen and oxygen atoms in total. The number of halogens is 2. The number of nitrogens with two attached hydrogens (primary N) is 1.